The number of fused-ring (bicyclic) bond motifs is 7. The van der Waals surface area contributed by atoms with Gasteiger partial charge in [-0.05, 0) is 128 Å². The normalized spacial score (nSPS) is 13.1. The molecule has 0 bridgehead atoms. The first-order chi connectivity index (χ1) is 27.0. The Balaban J connectivity index is 1.22. The van der Waals surface area contributed by atoms with Crippen molar-refractivity contribution in [3.8, 4) is 55.6 Å². The zero-order valence-electron chi connectivity index (χ0n) is 31.0. The van der Waals surface area contributed by atoms with E-state index < -0.39 is 0 Å². The van der Waals surface area contributed by atoms with Crippen molar-refractivity contribution in [2.45, 2.75) is 19.3 Å². The van der Waals surface area contributed by atoms with Crippen LogP contribution in [0.2, 0.25) is 0 Å². The van der Waals surface area contributed by atoms with Crippen LogP contribution in [0, 0.1) is 0 Å². The maximum Gasteiger partial charge on any atom is 0.0158 e. The van der Waals surface area contributed by atoms with Crippen LogP contribution in [0.15, 0.2) is 194 Å². The average molecular weight is 699 g/mol. The molecule has 0 saturated heterocycles. The fourth-order valence-electron chi connectivity index (χ4n) is 9.64. The molecule has 0 unspecified atom stereocenters. The minimum absolute atomic E-state index is 0.0465. The fraction of sp³-hybridized carbons (Fsp3) is 0.0545. The van der Waals surface area contributed by atoms with Gasteiger partial charge in [-0.3, -0.25) is 0 Å². The van der Waals surface area contributed by atoms with E-state index in [0.717, 1.165) is 0 Å². The first-order valence-corrected chi connectivity index (χ1v) is 19.3. The van der Waals surface area contributed by atoms with Crippen molar-refractivity contribution in [2.75, 3.05) is 0 Å². The van der Waals surface area contributed by atoms with Gasteiger partial charge in [0, 0.05) is 5.41 Å². The van der Waals surface area contributed by atoms with Crippen LogP contribution in [0.25, 0.3) is 98.7 Å². The lowest BCUT2D eigenvalue weighted by Gasteiger charge is -2.22. The summed E-state index contributed by atoms with van der Waals surface area (Å²) in [4.78, 5) is 0. The molecule has 0 aromatic heterocycles. The van der Waals surface area contributed by atoms with Crippen molar-refractivity contribution < 1.29 is 0 Å². The smallest absolute Gasteiger partial charge is 0.0158 e. The van der Waals surface area contributed by atoms with Crippen LogP contribution in [0.3, 0.4) is 0 Å². The lowest BCUT2D eigenvalue weighted by atomic mass is 9.81. The monoisotopic (exact) mass is 698 g/mol. The van der Waals surface area contributed by atoms with E-state index in [1.54, 1.807) is 0 Å². The van der Waals surface area contributed by atoms with Gasteiger partial charge in [-0.2, -0.15) is 0 Å². The quantitative estimate of drug-likeness (QED) is 0.161. The van der Waals surface area contributed by atoms with Gasteiger partial charge in [0.2, 0.25) is 0 Å². The van der Waals surface area contributed by atoms with Gasteiger partial charge in [0.15, 0.2) is 0 Å². The molecule has 0 spiro atoms. The molecule has 258 valence electrons. The second kappa shape index (κ2) is 12.1. The third-order valence-corrected chi connectivity index (χ3v) is 12.2. The molecule has 0 fully saturated rings. The van der Waals surface area contributed by atoms with E-state index >= 15 is 0 Å². The van der Waals surface area contributed by atoms with Crippen LogP contribution in [0.4, 0.5) is 0 Å². The summed E-state index contributed by atoms with van der Waals surface area (Å²) in [5, 5.41) is 10.1. The van der Waals surface area contributed by atoms with Gasteiger partial charge in [0.1, 0.15) is 0 Å². The van der Waals surface area contributed by atoms with Crippen molar-refractivity contribution in [1.29, 1.82) is 0 Å². The molecular formula is C55H38. The molecule has 0 heteroatoms. The predicted octanol–water partition coefficient (Wildman–Crippen LogP) is 15.3. The minimum atomic E-state index is -0.0465. The summed E-state index contributed by atoms with van der Waals surface area (Å²) >= 11 is 0. The number of hydrogen-bond donors (Lipinski definition) is 0. The van der Waals surface area contributed by atoms with Gasteiger partial charge < -0.3 is 0 Å². The van der Waals surface area contributed by atoms with E-state index in [1.165, 1.54) is 110 Å². The summed E-state index contributed by atoms with van der Waals surface area (Å²) in [6, 6.07) is 72.3. The number of benzene rings is 10. The molecule has 10 aromatic carbocycles. The summed E-state index contributed by atoms with van der Waals surface area (Å²) in [6.45, 7) is 4.72. The molecule has 0 atom stereocenters. The molecule has 1 aliphatic rings. The van der Waals surface area contributed by atoms with Crippen LogP contribution in [-0.2, 0) is 5.41 Å². The molecule has 0 N–H and O–H groups in total. The molecule has 10 aromatic rings. The largest absolute Gasteiger partial charge is 0.0619 e. The highest BCUT2D eigenvalue weighted by Crippen LogP contribution is 2.52. The summed E-state index contributed by atoms with van der Waals surface area (Å²) in [6.07, 6.45) is 0. The Morgan fingerprint density at radius 1 is 0.273 bits per heavy atom. The van der Waals surface area contributed by atoms with Crippen molar-refractivity contribution >= 4 is 43.1 Å². The Kier molecular flexibility index (Phi) is 7.00. The van der Waals surface area contributed by atoms with Crippen molar-refractivity contribution in [3.05, 3.63) is 205 Å². The molecule has 1 aliphatic carbocycles. The summed E-state index contributed by atoms with van der Waals surface area (Å²) in [5.41, 5.74) is 15.4. The maximum absolute atomic E-state index is 2.47. The molecule has 0 saturated carbocycles. The average Bonchev–Trinajstić information content (AvgIpc) is 3.47. The first-order valence-electron chi connectivity index (χ1n) is 19.3. The zero-order chi connectivity index (χ0) is 36.7. The Hall–Kier alpha value is -6.76. The van der Waals surface area contributed by atoms with Gasteiger partial charge in [-0.25, -0.2) is 0 Å². The van der Waals surface area contributed by atoms with Gasteiger partial charge in [-0.1, -0.05) is 190 Å². The summed E-state index contributed by atoms with van der Waals surface area (Å²) in [5.74, 6) is 0. The molecule has 0 aliphatic heterocycles. The van der Waals surface area contributed by atoms with E-state index in [4.69, 9.17) is 0 Å². The van der Waals surface area contributed by atoms with E-state index in [-0.39, 0.29) is 5.41 Å². The third kappa shape index (κ3) is 4.85. The topological polar surface area (TPSA) is 0 Å². The molecule has 55 heavy (non-hydrogen) atoms. The lowest BCUT2D eigenvalue weighted by Crippen LogP contribution is -2.14. The maximum atomic E-state index is 2.47. The number of hydrogen-bond acceptors (Lipinski definition) is 0. The van der Waals surface area contributed by atoms with E-state index in [2.05, 4.69) is 208 Å². The summed E-state index contributed by atoms with van der Waals surface area (Å²) in [7, 11) is 0. The van der Waals surface area contributed by atoms with E-state index in [1.807, 2.05) is 0 Å². The van der Waals surface area contributed by atoms with Gasteiger partial charge in [0.25, 0.3) is 0 Å². The first kappa shape index (κ1) is 31.7. The minimum Gasteiger partial charge on any atom is -0.0619 e. The van der Waals surface area contributed by atoms with Crippen LogP contribution in [0.5, 0.6) is 0 Å². The molecule has 0 radical (unpaired) electrons. The SMILES string of the molecule is CC1(C)c2ccccc2-c2cc(-c3c4ccccc4c(-c4cccc(-c5cccc6ccccc56)c4)c4ccc(-c5cccc6ccccc56)cc34)ccc21. The van der Waals surface area contributed by atoms with Crippen molar-refractivity contribution in [1.82, 2.24) is 0 Å². The van der Waals surface area contributed by atoms with Crippen LogP contribution >= 0.6 is 0 Å². The number of rotatable bonds is 4. The molecule has 0 nitrogen and oxygen atoms in total. The fourth-order valence-corrected chi connectivity index (χ4v) is 9.64. The molecular weight excluding hydrogens is 661 g/mol. The Bertz CT molecular complexity index is 3170. The van der Waals surface area contributed by atoms with Crippen LogP contribution in [0.1, 0.15) is 25.0 Å². The third-order valence-electron chi connectivity index (χ3n) is 12.2. The lowest BCUT2D eigenvalue weighted by molar-refractivity contribution is 0.660. The highest BCUT2D eigenvalue weighted by atomic mass is 14.4. The molecule has 0 amide bonds. The van der Waals surface area contributed by atoms with Gasteiger partial charge in [0.05, 0.1) is 0 Å². The molecule has 11 rings (SSSR count). The van der Waals surface area contributed by atoms with Crippen LogP contribution < -0.4 is 0 Å². The predicted molar refractivity (Wildman–Crippen MR) is 236 cm³/mol. The van der Waals surface area contributed by atoms with Crippen LogP contribution in [-0.4, -0.2) is 0 Å². The Morgan fingerprint density at radius 2 is 0.727 bits per heavy atom. The Morgan fingerprint density at radius 3 is 1.44 bits per heavy atom. The highest BCUT2D eigenvalue weighted by Gasteiger charge is 2.35. The van der Waals surface area contributed by atoms with E-state index in [9.17, 15) is 0 Å². The van der Waals surface area contributed by atoms with E-state index in [0.29, 0.717) is 0 Å². The van der Waals surface area contributed by atoms with Crippen molar-refractivity contribution in [2.24, 2.45) is 0 Å². The second-order valence-electron chi connectivity index (χ2n) is 15.6. The van der Waals surface area contributed by atoms with Gasteiger partial charge >= 0.3 is 0 Å². The highest BCUT2D eigenvalue weighted by molar-refractivity contribution is 6.22. The summed E-state index contributed by atoms with van der Waals surface area (Å²) < 4.78 is 0. The zero-order valence-corrected chi connectivity index (χ0v) is 31.0. The molecule has 0 heterocycles. The standard InChI is InChI=1S/C55H38/c1-55(2)51-27-10-9-22-45(51)49-34-40(29-31-52(49)55)54-47-24-8-7-23-46(47)53(39-19-11-18-37(32-39)43-25-12-16-35-14-3-5-20-41(35)43)48-30-28-38(33-50(48)54)44-26-13-17-36-15-4-6-21-42(36)44/h3-34H,1-2H3. The van der Waals surface area contributed by atoms with Crippen molar-refractivity contribution in [3.63, 3.8) is 0 Å². The second-order valence-corrected chi connectivity index (χ2v) is 15.6. The van der Waals surface area contributed by atoms with Gasteiger partial charge in [-0.15, -0.1) is 0 Å². The Labute approximate surface area is 322 Å².